The monoisotopic (exact) mass is 663 g/mol. The average Bonchev–Trinajstić information content (AvgIpc) is 3.43. The number of hydrogen-bond acceptors (Lipinski definition) is 10. The van der Waals surface area contributed by atoms with E-state index in [1.807, 2.05) is 4.90 Å². The average molecular weight is 664 g/mol. The molecular weight excluding hydrogens is 624 g/mol. The molecule has 16 heteroatoms. The van der Waals surface area contributed by atoms with Gasteiger partial charge in [-0.25, -0.2) is 23.4 Å². The van der Waals surface area contributed by atoms with Gasteiger partial charge in [-0.05, 0) is 66.5 Å². The number of amides is 3. The van der Waals surface area contributed by atoms with Crippen LogP contribution in [-0.2, 0) is 16.5 Å². The van der Waals surface area contributed by atoms with Gasteiger partial charge in [0.15, 0.2) is 11.5 Å². The molecule has 46 heavy (non-hydrogen) atoms. The Kier molecular flexibility index (Phi) is 10.2. The van der Waals surface area contributed by atoms with E-state index < -0.39 is 58.6 Å². The van der Waals surface area contributed by atoms with Gasteiger partial charge in [0.05, 0.1) is 23.9 Å². The van der Waals surface area contributed by atoms with Gasteiger partial charge in [-0.2, -0.15) is 5.10 Å². The molecule has 3 aromatic rings. The van der Waals surface area contributed by atoms with E-state index >= 15 is 0 Å². The molecule has 4 rings (SSSR count). The normalized spacial score (nSPS) is 17.2. The molecule has 2 atom stereocenters. The summed E-state index contributed by atoms with van der Waals surface area (Å²) in [5.41, 5.74) is -2.01. The third kappa shape index (κ3) is 8.69. The summed E-state index contributed by atoms with van der Waals surface area (Å²) in [5.74, 6) is -2.04. The zero-order valence-electron chi connectivity index (χ0n) is 26.7. The minimum absolute atomic E-state index is 0.0798. The van der Waals surface area contributed by atoms with Crippen molar-refractivity contribution >= 4 is 45.9 Å². The van der Waals surface area contributed by atoms with Crippen LogP contribution in [0.25, 0.3) is 10.6 Å². The molecule has 0 unspecified atom stereocenters. The molecule has 0 bridgehead atoms. The molecule has 0 aliphatic carbocycles. The Bertz CT molecular complexity index is 1580. The minimum Gasteiger partial charge on any atom is -0.444 e. The number of aliphatic hydroxyl groups excluding tert-OH is 1. The maximum Gasteiger partial charge on any atom is 0.412 e. The van der Waals surface area contributed by atoms with Gasteiger partial charge < -0.3 is 30.1 Å². The van der Waals surface area contributed by atoms with E-state index in [4.69, 9.17) is 9.47 Å². The summed E-state index contributed by atoms with van der Waals surface area (Å²) in [6, 6.07) is 2.76. The van der Waals surface area contributed by atoms with Crippen molar-refractivity contribution in [2.75, 3.05) is 28.6 Å². The molecule has 1 aliphatic rings. The number of aryl methyl sites for hydroxylation is 1. The Hall–Kier alpha value is -4.31. The number of benzene rings is 1. The Morgan fingerprint density at radius 1 is 0.978 bits per heavy atom. The van der Waals surface area contributed by atoms with Crippen molar-refractivity contribution in [2.24, 2.45) is 7.05 Å². The first-order valence-corrected chi connectivity index (χ1v) is 15.4. The van der Waals surface area contributed by atoms with Crippen LogP contribution in [0, 0.1) is 11.6 Å². The predicted octanol–water partition coefficient (Wildman–Crippen LogP) is 5.28. The second kappa shape index (κ2) is 13.6. The van der Waals surface area contributed by atoms with Crippen molar-refractivity contribution in [2.45, 2.75) is 77.7 Å². The Morgan fingerprint density at radius 2 is 1.59 bits per heavy atom. The highest BCUT2D eigenvalue weighted by Crippen LogP contribution is 2.36. The van der Waals surface area contributed by atoms with E-state index in [0.717, 1.165) is 12.1 Å². The first kappa shape index (κ1) is 34.6. The lowest BCUT2D eigenvalue weighted by Gasteiger charge is -2.25. The van der Waals surface area contributed by atoms with Crippen LogP contribution in [-0.4, -0.2) is 74.4 Å². The number of halogens is 2. The van der Waals surface area contributed by atoms with E-state index in [1.54, 1.807) is 53.3 Å². The molecule has 2 aromatic heterocycles. The number of nitrogens with zero attached hydrogens (tertiary/aromatic N) is 4. The summed E-state index contributed by atoms with van der Waals surface area (Å²) < 4.78 is 41.5. The van der Waals surface area contributed by atoms with Crippen LogP contribution in [0.15, 0.2) is 24.4 Å². The highest BCUT2D eigenvalue weighted by atomic mass is 32.1. The number of aromatic nitrogens is 3. The van der Waals surface area contributed by atoms with Crippen molar-refractivity contribution in [1.82, 2.24) is 20.1 Å². The first-order valence-electron chi connectivity index (χ1n) is 14.6. The van der Waals surface area contributed by atoms with Crippen LogP contribution in [0.2, 0.25) is 0 Å². The first-order chi connectivity index (χ1) is 21.4. The van der Waals surface area contributed by atoms with Crippen molar-refractivity contribution < 1.29 is 37.7 Å². The lowest BCUT2D eigenvalue weighted by atomic mass is 10.1. The number of alkyl carbamates (subject to hydrolysis) is 1. The minimum atomic E-state index is -0.887. The highest BCUT2D eigenvalue weighted by Gasteiger charge is 2.31. The number of ether oxygens (including phenoxy) is 2. The molecule has 250 valence electrons. The Labute approximate surface area is 269 Å². The third-order valence-electron chi connectivity index (χ3n) is 6.66. The summed E-state index contributed by atoms with van der Waals surface area (Å²) in [6.07, 6.45) is -0.273. The van der Waals surface area contributed by atoms with Crippen molar-refractivity contribution in [3.05, 3.63) is 41.7 Å². The van der Waals surface area contributed by atoms with E-state index in [0.29, 0.717) is 43.1 Å². The zero-order valence-corrected chi connectivity index (χ0v) is 27.6. The molecule has 3 amide bonds. The van der Waals surface area contributed by atoms with Crippen molar-refractivity contribution in [3.63, 3.8) is 0 Å². The molecule has 13 nitrogen and oxygen atoms in total. The number of thiazole rings is 1. The van der Waals surface area contributed by atoms with Crippen LogP contribution in [0.3, 0.4) is 0 Å². The van der Waals surface area contributed by atoms with Crippen LogP contribution in [0.4, 0.5) is 34.9 Å². The number of nitrogens with one attached hydrogen (secondary N) is 3. The number of aliphatic hydroxyl groups is 1. The summed E-state index contributed by atoms with van der Waals surface area (Å²) >= 11 is 0.715. The summed E-state index contributed by atoms with van der Waals surface area (Å²) in [5, 5.41) is 22.8. The SMILES string of the molecule is Cn1ncc(NC(=O)c2nc(-c3c(F)cccc3F)sc2NC(=O)OC(C)(C)C)c1N1CC[C@@H](O)[C@@H](NC(=O)OC(C)(C)C)CC1. The van der Waals surface area contributed by atoms with Crippen LogP contribution in [0.1, 0.15) is 64.9 Å². The summed E-state index contributed by atoms with van der Waals surface area (Å²) in [4.78, 5) is 44.8. The standard InChI is InChI=1S/C30H39F2N7O6S/c1-29(2,3)44-27(42)35-18-11-13-39(14-12-20(18)40)26-19(15-33-38(26)7)34-23(41)22-25(37-28(43)45-30(4,5)6)46-24(36-22)21-16(31)9-8-10-17(21)32/h8-10,15,18,20,40H,11-14H2,1-7H3,(H,34,41)(H,35,42)(H,37,43)/t18-,20+/m0/s1. The van der Waals surface area contributed by atoms with Gasteiger partial charge in [0.25, 0.3) is 5.91 Å². The van der Waals surface area contributed by atoms with Crippen LogP contribution >= 0.6 is 11.3 Å². The molecule has 0 spiro atoms. The van der Waals surface area contributed by atoms with Gasteiger partial charge in [0.1, 0.15) is 38.5 Å². The van der Waals surface area contributed by atoms with E-state index in [9.17, 15) is 28.3 Å². The maximum atomic E-state index is 14.7. The fraction of sp³-hybridized carbons (Fsp3) is 0.500. The number of carbonyl (C=O) groups is 3. The van der Waals surface area contributed by atoms with Gasteiger partial charge in [0, 0.05) is 20.1 Å². The van der Waals surface area contributed by atoms with E-state index in [2.05, 4.69) is 26.0 Å². The van der Waals surface area contributed by atoms with Gasteiger partial charge in [0.2, 0.25) is 0 Å². The van der Waals surface area contributed by atoms with Gasteiger partial charge in [-0.15, -0.1) is 0 Å². The second-order valence-electron chi connectivity index (χ2n) is 12.8. The predicted molar refractivity (Wildman–Crippen MR) is 169 cm³/mol. The molecular formula is C30H39F2N7O6S. The third-order valence-corrected chi connectivity index (χ3v) is 7.65. The molecule has 1 aromatic carbocycles. The number of rotatable bonds is 6. The van der Waals surface area contributed by atoms with Crippen molar-refractivity contribution in [3.8, 4) is 10.6 Å². The lowest BCUT2D eigenvalue weighted by molar-refractivity contribution is 0.0419. The van der Waals surface area contributed by atoms with Gasteiger partial charge in [-0.1, -0.05) is 17.4 Å². The Balaban J connectivity index is 1.59. The maximum absolute atomic E-state index is 14.7. The smallest absolute Gasteiger partial charge is 0.412 e. The quantitative estimate of drug-likeness (QED) is 0.275. The summed E-state index contributed by atoms with van der Waals surface area (Å²) in [6.45, 7) is 11.0. The zero-order chi connectivity index (χ0) is 34.0. The van der Waals surface area contributed by atoms with E-state index in [1.165, 1.54) is 12.3 Å². The molecule has 3 heterocycles. The number of hydrogen-bond donors (Lipinski definition) is 4. The largest absolute Gasteiger partial charge is 0.444 e. The topological polar surface area (TPSA) is 160 Å². The number of carbonyl (C=O) groups excluding carboxylic acids is 3. The highest BCUT2D eigenvalue weighted by molar-refractivity contribution is 7.19. The molecule has 0 saturated carbocycles. The number of anilines is 3. The fourth-order valence-corrected chi connectivity index (χ4v) is 5.76. The molecule has 4 N–H and O–H groups in total. The van der Waals surface area contributed by atoms with Gasteiger partial charge in [-0.3, -0.25) is 14.8 Å². The van der Waals surface area contributed by atoms with Gasteiger partial charge >= 0.3 is 12.2 Å². The lowest BCUT2D eigenvalue weighted by Crippen LogP contribution is -2.45. The molecule has 1 saturated heterocycles. The van der Waals surface area contributed by atoms with Crippen molar-refractivity contribution in [1.29, 1.82) is 0 Å². The van der Waals surface area contributed by atoms with Crippen LogP contribution in [0.5, 0.6) is 0 Å². The Morgan fingerprint density at radius 3 is 2.22 bits per heavy atom. The van der Waals surface area contributed by atoms with E-state index in [-0.39, 0.29) is 21.4 Å². The molecule has 1 aliphatic heterocycles. The molecule has 0 radical (unpaired) electrons. The van der Waals surface area contributed by atoms with Crippen LogP contribution < -0.4 is 20.9 Å². The molecule has 1 fully saturated rings. The summed E-state index contributed by atoms with van der Waals surface area (Å²) in [7, 11) is 1.68. The second-order valence-corrected chi connectivity index (χ2v) is 13.8. The fourth-order valence-electron chi connectivity index (χ4n) is 4.77.